The second-order valence-electron chi connectivity index (χ2n) is 4.88. The van der Waals surface area contributed by atoms with Gasteiger partial charge in [0, 0.05) is 12.8 Å². The van der Waals surface area contributed by atoms with Gasteiger partial charge in [0.05, 0.1) is 6.61 Å². The van der Waals surface area contributed by atoms with Gasteiger partial charge in [0.1, 0.15) is 18.3 Å². The molecule has 0 aromatic heterocycles. The third kappa shape index (κ3) is 1.58. The fourth-order valence-corrected chi connectivity index (χ4v) is 2.97. The number of fused-ring (bicyclic) bond motifs is 1. The minimum atomic E-state index is -0.969. The van der Waals surface area contributed by atoms with Crippen LogP contribution in [0.4, 0.5) is 0 Å². The zero-order chi connectivity index (χ0) is 11.2. The molecular formula is C11H18O5. The van der Waals surface area contributed by atoms with Crippen LogP contribution in [0.25, 0.3) is 0 Å². The van der Waals surface area contributed by atoms with E-state index in [1.807, 2.05) is 0 Å². The van der Waals surface area contributed by atoms with E-state index in [2.05, 4.69) is 0 Å². The van der Waals surface area contributed by atoms with Crippen molar-refractivity contribution in [3.8, 4) is 0 Å². The molecule has 5 heteroatoms. The largest absolute Gasteiger partial charge is 0.394 e. The standard InChI is InChI=1S/C11H18O5/c12-6-7-8-9(10(13)14-7)16-11(15-8)4-2-1-3-5-11/h7-10,12-13H,1-6H2/t7-,8?,9?,10?/m1/s1. The molecule has 92 valence electrons. The zero-order valence-corrected chi connectivity index (χ0v) is 9.17. The molecule has 0 radical (unpaired) electrons. The van der Waals surface area contributed by atoms with Gasteiger partial charge in [-0.25, -0.2) is 0 Å². The maximum Gasteiger partial charge on any atom is 0.184 e. The van der Waals surface area contributed by atoms with Crippen LogP contribution in [-0.2, 0) is 14.2 Å². The van der Waals surface area contributed by atoms with Crippen LogP contribution in [0, 0.1) is 0 Å². The Bertz CT molecular complexity index is 263. The second-order valence-corrected chi connectivity index (χ2v) is 4.88. The lowest BCUT2D eigenvalue weighted by atomic mass is 9.94. The second kappa shape index (κ2) is 3.92. The van der Waals surface area contributed by atoms with Crippen molar-refractivity contribution in [3.05, 3.63) is 0 Å². The predicted molar refractivity (Wildman–Crippen MR) is 53.5 cm³/mol. The third-order valence-corrected chi connectivity index (χ3v) is 3.78. The summed E-state index contributed by atoms with van der Waals surface area (Å²) < 4.78 is 16.9. The topological polar surface area (TPSA) is 68.2 Å². The van der Waals surface area contributed by atoms with E-state index in [1.54, 1.807) is 0 Å². The average molecular weight is 230 g/mol. The lowest BCUT2D eigenvalue weighted by Crippen LogP contribution is -2.37. The molecule has 1 saturated carbocycles. The molecule has 2 saturated heterocycles. The molecule has 0 aromatic rings. The van der Waals surface area contributed by atoms with Crippen LogP contribution in [0.5, 0.6) is 0 Å². The molecule has 0 amide bonds. The molecule has 0 bridgehead atoms. The molecule has 3 rings (SSSR count). The Kier molecular flexibility index (Phi) is 2.68. The summed E-state index contributed by atoms with van der Waals surface area (Å²) in [7, 11) is 0. The van der Waals surface area contributed by atoms with Gasteiger partial charge < -0.3 is 24.4 Å². The number of aliphatic hydroxyl groups excluding tert-OH is 2. The predicted octanol–water partition coefficient (Wildman–Crippen LogP) is 0.140. The molecule has 0 aromatic carbocycles. The van der Waals surface area contributed by atoms with Gasteiger partial charge >= 0.3 is 0 Å². The van der Waals surface area contributed by atoms with E-state index in [1.165, 1.54) is 6.42 Å². The first-order chi connectivity index (χ1) is 7.74. The van der Waals surface area contributed by atoms with E-state index in [-0.39, 0.29) is 12.7 Å². The SMILES string of the molecule is OC[C@H]1OC(O)C2OC3(CCCCC3)OC21. The Balaban J connectivity index is 1.76. The van der Waals surface area contributed by atoms with Gasteiger partial charge in [-0.05, 0) is 12.8 Å². The summed E-state index contributed by atoms with van der Waals surface area (Å²) in [4.78, 5) is 0. The molecule has 2 aliphatic heterocycles. The van der Waals surface area contributed by atoms with Gasteiger partial charge in [0.15, 0.2) is 12.1 Å². The fraction of sp³-hybridized carbons (Fsp3) is 1.00. The number of aliphatic hydroxyl groups is 2. The molecule has 2 N–H and O–H groups in total. The summed E-state index contributed by atoms with van der Waals surface area (Å²) >= 11 is 0. The highest BCUT2D eigenvalue weighted by Crippen LogP contribution is 2.45. The fourth-order valence-electron chi connectivity index (χ4n) is 2.97. The van der Waals surface area contributed by atoms with Crippen LogP contribution in [0.3, 0.4) is 0 Å². The van der Waals surface area contributed by atoms with Gasteiger partial charge in [-0.2, -0.15) is 0 Å². The van der Waals surface area contributed by atoms with Crippen molar-refractivity contribution in [2.75, 3.05) is 6.61 Å². The summed E-state index contributed by atoms with van der Waals surface area (Å²) in [6.45, 7) is -0.141. The Morgan fingerprint density at radius 2 is 1.75 bits per heavy atom. The highest BCUT2D eigenvalue weighted by Gasteiger charge is 2.57. The molecule has 5 nitrogen and oxygen atoms in total. The lowest BCUT2D eigenvalue weighted by Gasteiger charge is -2.33. The van der Waals surface area contributed by atoms with Crippen molar-refractivity contribution in [1.29, 1.82) is 0 Å². The van der Waals surface area contributed by atoms with Crippen LogP contribution in [0.2, 0.25) is 0 Å². The normalized spacial score (nSPS) is 46.1. The smallest absolute Gasteiger partial charge is 0.184 e. The van der Waals surface area contributed by atoms with Crippen LogP contribution in [-0.4, -0.2) is 47.2 Å². The highest BCUT2D eigenvalue weighted by atomic mass is 16.8. The van der Waals surface area contributed by atoms with Crippen LogP contribution in [0.15, 0.2) is 0 Å². The van der Waals surface area contributed by atoms with Crippen molar-refractivity contribution in [1.82, 2.24) is 0 Å². The molecule has 2 heterocycles. The number of ether oxygens (including phenoxy) is 3. The zero-order valence-electron chi connectivity index (χ0n) is 9.17. The van der Waals surface area contributed by atoms with Gasteiger partial charge in [0.25, 0.3) is 0 Å². The molecule has 1 spiro atoms. The molecule has 1 aliphatic carbocycles. The monoisotopic (exact) mass is 230 g/mol. The summed E-state index contributed by atoms with van der Waals surface area (Å²) in [6.07, 6.45) is 2.99. The Hall–Kier alpha value is -0.200. The summed E-state index contributed by atoms with van der Waals surface area (Å²) in [6, 6.07) is 0. The Labute approximate surface area is 94.3 Å². The van der Waals surface area contributed by atoms with Gasteiger partial charge in [0.2, 0.25) is 0 Å². The van der Waals surface area contributed by atoms with Crippen LogP contribution in [0.1, 0.15) is 32.1 Å². The van der Waals surface area contributed by atoms with E-state index in [0.29, 0.717) is 0 Å². The maximum atomic E-state index is 9.68. The van der Waals surface area contributed by atoms with Crippen LogP contribution < -0.4 is 0 Å². The molecular weight excluding hydrogens is 212 g/mol. The van der Waals surface area contributed by atoms with Crippen LogP contribution >= 0.6 is 0 Å². The van der Waals surface area contributed by atoms with Crippen molar-refractivity contribution >= 4 is 0 Å². The summed E-state index contributed by atoms with van der Waals surface area (Å²) in [5, 5.41) is 18.8. The van der Waals surface area contributed by atoms with Crippen molar-refractivity contribution < 1.29 is 24.4 Å². The first-order valence-electron chi connectivity index (χ1n) is 6.04. The Morgan fingerprint density at radius 3 is 2.44 bits per heavy atom. The molecule has 3 unspecified atom stereocenters. The molecule has 3 aliphatic rings. The summed E-state index contributed by atoms with van der Waals surface area (Å²) in [5.41, 5.74) is 0. The molecule has 4 atom stereocenters. The molecule has 16 heavy (non-hydrogen) atoms. The van der Waals surface area contributed by atoms with Gasteiger partial charge in [-0.15, -0.1) is 0 Å². The minimum Gasteiger partial charge on any atom is -0.394 e. The van der Waals surface area contributed by atoms with E-state index in [4.69, 9.17) is 19.3 Å². The van der Waals surface area contributed by atoms with E-state index in [9.17, 15) is 5.11 Å². The number of hydrogen-bond acceptors (Lipinski definition) is 5. The van der Waals surface area contributed by atoms with Crippen molar-refractivity contribution in [2.45, 2.75) is 62.5 Å². The van der Waals surface area contributed by atoms with E-state index >= 15 is 0 Å². The number of rotatable bonds is 1. The van der Waals surface area contributed by atoms with Crippen molar-refractivity contribution in [3.63, 3.8) is 0 Å². The number of hydrogen-bond donors (Lipinski definition) is 2. The highest BCUT2D eigenvalue weighted by molar-refractivity contribution is 4.97. The van der Waals surface area contributed by atoms with Gasteiger partial charge in [-0.1, -0.05) is 6.42 Å². The van der Waals surface area contributed by atoms with Gasteiger partial charge in [-0.3, -0.25) is 0 Å². The first kappa shape index (κ1) is 10.9. The third-order valence-electron chi connectivity index (χ3n) is 3.78. The van der Waals surface area contributed by atoms with E-state index in [0.717, 1.165) is 25.7 Å². The first-order valence-corrected chi connectivity index (χ1v) is 6.04. The van der Waals surface area contributed by atoms with Crippen molar-refractivity contribution in [2.24, 2.45) is 0 Å². The minimum absolute atomic E-state index is 0.141. The van der Waals surface area contributed by atoms with E-state index < -0.39 is 24.3 Å². The molecule has 3 fully saturated rings. The average Bonchev–Trinajstić information content (AvgIpc) is 2.78. The summed E-state index contributed by atoms with van der Waals surface area (Å²) in [5.74, 6) is -0.522. The lowest BCUT2D eigenvalue weighted by molar-refractivity contribution is -0.249. The Morgan fingerprint density at radius 1 is 1.06 bits per heavy atom. The maximum absolute atomic E-state index is 9.68. The quantitative estimate of drug-likeness (QED) is 0.670.